The SMILES string of the molecule is Cc1cn([C@@]2(O)CC=CO2)c(=O)[nH]c1=O. The van der Waals surface area contributed by atoms with Crippen LogP contribution >= 0.6 is 0 Å². The minimum absolute atomic E-state index is 0.165. The molecule has 1 aliphatic heterocycles. The summed E-state index contributed by atoms with van der Waals surface area (Å²) in [5.74, 6) is -1.72. The fourth-order valence-corrected chi connectivity index (χ4v) is 1.39. The van der Waals surface area contributed by atoms with Gasteiger partial charge in [-0.05, 0) is 13.0 Å². The molecule has 1 aliphatic rings. The Kier molecular flexibility index (Phi) is 2.01. The van der Waals surface area contributed by atoms with Crippen molar-refractivity contribution in [2.24, 2.45) is 0 Å². The normalized spacial score (nSPS) is 24.1. The van der Waals surface area contributed by atoms with Crippen LogP contribution in [0.15, 0.2) is 28.1 Å². The summed E-state index contributed by atoms with van der Waals surface area (Å²) in [5, 5.41) is 9.91. The molecule has 6 nitrogen and oxygen atoms in total. The molecule has 0 spiro atoms. The van der Waals surface area contributed by atoms with Gasteiger partial charge in [0.25, 0.3) is 5.56 Å². The molecule has 0 aromatic carbocycles. The van der Waals surface area contributed by atoms with Crippen molar-refractivity contribution in [3.05, 3.63) is 44.9 Å². The van der Waals surface area contributed by atoms with E-state index in [-0.39, 0.29) is 6.42 Å². The minimum atomic E-state index is -1.72. The van der Waals surface area contributed by atoms with Crippen LogP contribution in [0.2, 0.25) is 0 Å². The first-order valence-electron chi connectivity index (χ1n) is 4.41. The van der Waals surface area contributed by atoms with Gasteiger partial charge in [0.2, 0.25) is 0 Å². The van der Waals surface area contributed by atoms with E-state index in [2.05, 4.69) is 4.98 Å². The van der Waals surface area contributed by atoms with Crippen LogP contribution in [-0.4, -0.2) is 14.7 Å². The number of hydrogen-bond acceptors (Lipinski definition) is 4. The lowest BCUT2D eigenvalue weighted by Crippen LogP contribution is -2.44. The predicted octanol–water partition coefficient (Wildman–Crippen LogP) is -0.618. The van der Waals surface area contributed by atoms with Crippen molar-refractivity contribution in [2.45, 2.75) is 19.3 Å². The highest BCUT2D eigenvalue weighted by Crippen LogP contribution is 2.23. The van der Waals surface area contributed by atoms with Gasteiger partial charge in [-0.1, -0.05) is 0 Å². The largest absolute Gasteiger partial charge is 0.452 e. The molecule has 0 bridgehead atoms. The van der Waals surface area contributed by atoms with Crippen molar-refractivity contribution in [3.63, 3.8) is 0 Å². The van der Waals surface area contributed by atoms with Gasteiger partial charge in [-0.25, -0.2) is 9.36 Å². The lowest BCUT2D eigenvalue weighted by molar-refractivity contribution is -0.220. The van der Waals surface area contributed by atoms with Gasteiger partial charge in [0.1, 0.15) is 0 Å². The third-order valence-corrected chi connectivity index (χ3v) is 2.23. The van der Waals surface area contributed by atoms with Crippen molar-refractivity contribution in [2.75, 3.05) is 0 Å². The van der Waals surface area contributed by atoms with Crippen LogP contribution in [0.25, 0.3) is 0 Å². The lowest BCUT2D eigenvalue weighted by atomic mass is 10.3. The maximum Gasteiger partial charge on any atom is 0.333 e. The quantitative estimate of drug-likeness (QED) is 0.647. The van der Waals surface area contributed by atoms with Gasteiger partial charge >= 0.3 is 11.6 Å². The molecule has 80 valence electrons. The Morgan fingerprint density at radius 3 is 2.93 bits per heavy atom. The summed E-state index contributed by atoms with van der Waals surface area (Å²) >= 11 is 0. The maximum absolute atomic E-state index is 11.4. The first kappa shape index (κ1) is 9.72. The average molecular weight is 210 g/mol. The van der Waals surface area contributed by atoms with Gasteiger partial charge in [0.05, 0.1) is 12.7 Å². The van der Waals surface area contributed by atoms with E-state index in [0.717, 1.165) is 4.57 Å². The second-order valence-corrected chi connectivity index (χ2v) is 3.38. The molecule has 0 fully saturated rings. The van der Waals surface area contributed by atoms with Crippen molar-refractivity contribution in [1.29, 1.82) is 0 Å². The molecule has 1 aromatic rings. The maximum atomic E-state index is 11.4. The van der Waals surface area contributed by atoms with Gasteiger partial charge in [0.15, 0.2) is 0 Å². The Morgan fingerprint density at radius 2 is 2.33 bits per heavy atom. The van der Waals surface area contributed by atoms with Gasteiger partial charge in [0, 0.05) is 11.8 Å². The third kappa shape index (κ3) is 1.48. The van der Waals surface area contributed by atoms with Crippen LogP contribution in [-0.2, 0) is 10.6 Å². The lowest BCUT2D eigenvalue weighted by Gasteiger charge is -2.23. The van der Waals surface area contributed by atoms with Crippen LogP contribution < -0.4 is 11.2 Å². The summed E-state index contributed by atoms with van der Waals surface area (Å²) in [6.07, 6.45) is 4.34. The first-order valence-corrected chi connectivity index (χ1v) is 4.41. The number of ether oxygens (including phenoxy) is 1. The average Bonchev–Trinajstić information content (AvgIpc) is 2.60. The van der Waals surface area contributed by atoms with Gasteiger partial charge in [-0.15, -0.1) is 0 Å². The van der Waals surface area contributed by atoms with E-state index in [1.54, 1.807) is 13.0 Å². The highest BCUT2D eigenvalue weighted by atomic mass is 16.6. The molecular weight excluding hydrogens is 200 g/mol. The predicted molar refractivity (Wildman–Crippen MR) is 51.1 cm³/mol. The molecule has 15 heavy (non-hydrogen) atoms. The van der Waals surface area contributed by atoms with Crippen LogP contribution in [0.1, 0.15) is 12.0 Å². The molecule has 0 saturated carbocycles. The first-order chi connectivity index (χ1) is 7.03. The van der Waals surface area contributed by atoms with Crippen LogP contribution in [0.4, 0.5) is 0 Å². The molecular formula is C9H10N2O4. The van der Waals surface area contributed by atoms with Gasteiger partial charge in [-0.3, -0.25) is 9.78 Å². The number of nitrogens with one attached hydrogen (secondary N) is 1. The Bertz CT molecular complexity index is 518. The molecule has 1 atom stereocenters. The van der Waals surface area contributed by atoms with Crippen LogP contribution in [0.3, 0.4) is 0 Å². The Hall–Kier alpha value is -1.82. The smallest absolute Gasteiger partial charge is 0.333 e. The number of aromatic amines is 1. The summed E-state index contributed by atoms with van der Waals surface area (Å²) in [7, 11) is 0. The fraction of sp³-hybridized carbons (Fsp3) is 0.333. The minimum Gasteiger partial charge on any atom is -0.452 e. The Labute approximate surface area is 84.4 Å². The zero-order chi connectivity index (χ0) is 11.1. The van der Waals surface area contributed by atoms with Gasteiger partial charge in [-0.2, -0.15) is 0 Å². The molecule has 6 heteroatoms. The molecule has 0 radical (unpaired) electrons. The van der Waals surface area contributed by atoms with Crippen molar-refractivity contribution < 1.29 is 9.84 Å². The number of H-pyrrole nitrogens is 1. The van der Waals surface area contributed by atoms with Crippen molar-refractivity contribution in [1.82, 2.24) is 9.55 Å². The second-order valence-electron chi connectivity index (χ2n) is 3.38. The zero-order valence-corrected chi connectivity index (χ0v) is 8.06. The molecule has 2 N–H and O–H groups in total. The summed E-state index contributed by atoms with van der Waals surface area (Å²) in [4.78, 5) is 24.6. The summed E-state index contributed by atoms with van der Waals surface area (Å²) in [6, 6.07) is 0. The molecule has 2 rings (SSSR count). The Balaban J connectivity index is 2.58. The van der Waals surface area contributed by atoms with Crippen LogP contribution in [0.5, 0.6) is 0 Å². The number of aromatic nitrogens is 2. The standard InChI is InChI=1S/C9H10N2O4/c1-6-5-11(8(13)10-7(6)12)9(14)3-2-4-15-9/h2,4-5,14H,3H2,1H3,(H,10,12,13)/t9-/m1/s1. The number of nitrogens with zero attached hydrogens (tertiary/aromatic N) is 1. The second kappa shape index (κ2) is 3.09. The van der Waals surface area contributed by atoms with Crippen molar-refractivity contribution in [3.8, 4) is 0 Å². The number of rotatable bonds is 1. The molecule has 1 aromatic heterocycles. The number of aryl methyl sites for hydroxylation is 1. The monoisotopic (exact) mass is 210 g/mol. The summed E-state index contributed by atoms with van der Waals surface area (Å²) < 4.78 is 5.88. The fourth-order valence-electron chi connectivity index (χ4n) is 1.39. The number of hydrogen-bond donors (Lipinski definition) is 2. The summed E-state index contributed by atoms with van der Waals surface area (Å²) in [5.41, 5.74) is -0.832. The van der Waals surface area contributed by atoms with Crippen LogP contribution in [0, 0.1) is 6.92 Å². The molecule has 0 saturated heterocycles. The molecule has 0 unspecified atom stereocenters. The molecule has 0 aliphatic carbocycles. The topological polar surface area (TPSA) is 84.3 Å². The van der Waals surface area contributed by atoms with E-state index in [0.29, 0.717) is 5.56 Å². The summed E-state index contributed by atoms with van der Waals surface area (Å²) in [6.45, 7) is 1.54. The van der Waals surface area contributed by atoms with E-state index >= 15 is 0 Å². The number of aliphatic hydroxyl groups is 1. The van der Waals surface area contributed by atoms with E-state index < -0.39 is 17.2 Å². The van der Waals surface area contributed by atoms with Gasteiger partial charge < -0.3 is 9.84 Å². The van der Waals surface area contributed by atoms with E-state index in [4.69, 9.17) is 4.74 Å². The van der Waals surface area contributed by atoms with E-state index in [1.807, 2.05) is 0 Å². The highest BCUT2D eigenvalue weighted by Gasteiger charge is 2.33. The van der Waals surface area contributed by atoms with E-state index in [1.165, 1.54) is 12.5 Å². The molecule has 2 heterocycles. The highest BCUT2D eigenvalue weighted by molar-refractivity contribution is 5.03. The van der Waals surface area contributed by atoms with E-state index in [9.17, 15) is 14.7 Å². The Morgan fingerprint density at radius 1 is 1.60 bits per heavy atom. The molecule has 0 amide bonds. The third-order valence-electron chi connectivity index (χ3n) is 2.23. The van der Waals surface area contributed by atoms with Crippen molar-refractivity contribution >= 4 is 0 Å². The zero-order valence-electron chi connectivity index (χ0n) is 8.06.